The van der Waals surface area contributed by atoms with Crippen LogP contribution in [-0.4, -0.2) is 4.98 Å². The van der Waals surface area contributed by atoms with Crippen LogP contribution in [0.2, 0.25) is 5.15 Å². The maximum absolute atomic E-state index is 6.33. The highest BCUT2D eigenvalue weighted by Gasteiger charge is 2.19. The lowest BCUT2D eigenvalue weighted by atomic mass is 9.84. The smallest absolute Gasteiger partial charge is 0.133 e. The molecule has 0 spiro atoms. The van der Waals surface area contributed by atoms with Gasteiger partial charge in [-0.15, -0.1) is 0 Å². The average molecular weight is 246 g/mol. The van der Waals surface area contributed by atoms with Crippen molar-refractivity contribution in [2.45, 2.75) is 38.0 Å². The number of benzene rings is 1. The van der Waals surface area contributed by atoms with Crippen molar-refractivity contribution in [1.82, 2.24) is 4.98 Å². The third kappa shape index (κ3) is 2.16. The number of aromatic nitrogens is 1. The molecule has 17 heavy (non-hydrogen) atoms. The molecule has 1 aromatic carbocycles. The minimum absolute atomic E-state index is 0.619. The van der Waals surface area contributed by atoms with E-state index < -0.39 is 0 Å². The molecule has 1 nitrogen and oxygen atoms in total. The topological polar surface area (TPSA) is 12.9 Å². The zero-order valence-corrected chi connectivity index (χ0v) is 10.6. The van der Waals surface area contributed by atoms with Gasteiger partial charge in [-0.05, 0) is 36.5 Å². The van der Waals surface area contributed by atoms with Crippen LogP contribution in [0, 0.1) is 0 Å². The van der Waals surface area contributed by atoms with Crippen molar-refractivity contribution in [2.24, 2.45) is 0 Å². The van der Waals surface area contributed by atoms with Gasteiger partial charge in [0.1, 0.15) is 5.15 Å². The fraction of sp³-hybridized carbons (Fsp3) is 0.400. The molecular weight excluding hydrogens is 230 g/mol. The first-order chi connectivity index (χ1) is 8.34. The van der Waals surface area contributed by atoms with Crippen LogP contribution >= 0.6 is 11.6 Å². The summed E-state index contributed by atoms with van der Waals surface area (Å²) in [4.78, 5) is 4.52. The van der Waals surface area contributed by atoms with Gasteiger partial charge < -0.3 is 0 Å². The zero-order valence-electron chi connectivity index (χ0n) is 9.82. The summed E-state index contributed by atoms with van der Waals surface area (Å²) < 4.78 is 0. The molecule has 1 aromatic heterocycles. The lowest BCUT2D eigenvalue weighted by molar-refractivity contribution is 0.443. The van der Waals surface area contributed by atoms with E-state index in [1.54, 1.807) is 0 Å². The molecule has 1 saturated carbocycles. The highest BCUT2D eigenvalue weighted by atomic mass is 35.5. The molecule has 1 fully saturated rings. The highest BCUT2D eigenvalue weighted by Crippen LogP contribution is 2.36. The fourth-order valence-corrected chi connectivity index (χ4v) is 3.11. The normalized spacial score (nSPS) is 17.5. The molecule has 3 rings (SSSR count). The van der Waals surface area contributed by atoms with Gasteiger partial charge >= 0.3 is 0 Å². The van der Waals surface area contributed by atoms with E-state index in [-0.39, 0.29) is 0 Å². The van der Waals surface area contributed by atoms with Crippen LogP contribution in [0.1, 0.15) is 43.6 Å². The Labute approximate surface area is 107 Å². The van der Waals surface area contributed by atoms with E-state index in [9.17, 15) is 0 Å². The van der Waals surface area contributed by atoms with Gasteiger partial charge in [-0.1, -0.05) is 49.1 Å². The number of nitrogens with zero attached hydrogens (tertiary/aromatic N) is 1. The SMILES string of the molecule is Clc1nc2ccccc2cc1C1CCCCC1. The van der Waals surface area contributed by atoms with Crippen molar-refractivity contribution in [3.05, 3.63) is 41.0 Å². The molecule has 0 aliphatic heterocycles. The summed E-state index contributed by atoms with van der Waals surface area (Å²) in [5.41, 5.74) is 2.25. The summed E-state index contributed by atoms with van der Waals surface area (Å²) in [7, 11) is 0. The molecule has 0 unspecified atom stereocenters. The second-order valence-electron chi connectivity index (χ2n) is 4.90. The van der Waals surface area contributed by atoms with Crippen LogP contribution in [0.4, 0.5) is 0 Å². The summed E-state index contributed by atoms with van der Waals surface area (Å²) in [6.07, 6.45) is 6.55. The van der Waals surface area contributed by atoms with Gasteiger partial charge in [-0.3, -0.25) is 0 Å². The lowest BCUT2D eigenvalue weighted by Crippen LogP contribution is -2.05. The number of fused-ring (bicyclic) bond motifs is 1. The van der Waals surface area contributed by atoms with Gasteiger partial charge in [0.05, 0.1) is 5.52 Å². The van der Waals surface area contributed by atoms with Crippen LogP contribution in [0.25, 0.3) is 10.9 Å². The number of hydrogen-bond donors (Lipinski definition) is 0. The Kier molecular flexibility index (Phi) is 3.02. The molecule has 2 heteroatoms. The minimum Gasteiger partial charge on any atom is -0.236 e. The van der Waals surface area contributed by atoms with Gasteiger partial charge in [0.15, 0.2) is 0 Å². The second-order valence-corrected chi connectivity index (χ2v) is 5.25. The summed E-state index contributed by atoms with van der Waals surface area (Å²) in [6, 6.07) is 10.4. The standard InChI is InChI=1S/C15H16ClN/c16-15-13(11-6-2-1-3-7-11)10-12-8-4-5-9-14(12)17-15/h4-5,8-11H,1-3,6-7H2. The molecule has 0 amide bonds. The number of rotatable bonds is 1. The molecule has 0 N–H and O–H groups in total. The second kappa shape index (κ2) is 4.66. The maximum Gasteiger partial charge on any atom is 0.133 e. The van der Waals surface area contributed by atoms with E-state index in [2.05, 4.69) is 23.2 Å². The average Bonchev–Trinajstić information content (AvgIpc) is 2.39. The molecule has 1 aliphatic carbocycles. The van der Waals surface area contributed by atoms with Crippen LogP contribution < -0.4 is 0 Å². The van der Waals surface area contributed by atoms with E-state index in [1.165, 1.54) is 43.1 Å². The summed E-state index contributed by atoms with van der Waals surface area (Å²) in [5, 5.41) is 1.91. The first-order valence-corrected chi connectivity index (χ1v) is 6.77. The number of pyridine rings is 1. The van der Waals surface area contributed by atoms with Crippen LogP contribution in [0.15, 0.2) is 30.3 Å². The maximum atomic E-state index is 6.33. The molecule has 0 bridgehead atoms. The first-order valence-electron chi connectivity index (χ1n) is 6.40. The van der Waals surface area contributed by atoms with E-state index >= 15 is 0 Å². The zero-order chi connectivity index (χ0) is 11.7. The quantitative estimate of drug-likeness (QED) is 0.649. The fourth-order valence-electron chi connectivity index (χ4n) is 2.81. The first kappa shape index (κ1) is 11.0. The molecular formula is C15H16ClN. The predicted molar refractivity (Wildman–Crippen MR) is 72.6 cm³/mol. The van der Waals surface area contributed by atoms with Crippen molar-refractivity contribution in [3.63, 3.8) is 0 Å². The number of para-hydroxylation sites is 1. The van der Waals surface area contributed by atoms with E-state index in [0.29, 0.717) is 11.1 Å². The van der Waals surface area contributed by atoms with Crippen molar-refractivity contribution in [3.8, 4) is 0 Å². The van der Waals surface area contributed by atoms with Gasteiger partial charge in [-0.2, -0.15) is 0 Å². The Morgan fingerprint density at radius 1 is 1.06 bits per heavy atom. The van der Waals surface area contributed by atoms with Gasteiger partial charge in [-0.25, -0.2) is 4.98 Å². The Hall–Kier alpha value is -1.08. The van der Waals surface area contributed by atoms with Crippen molar-refractivity contribution in [2.75, 3.05) is 0 Å². The molecule has 0 atom stereocenters. The molecule has 0 radical (unpaired) electrons. The third-order valence-corrected chi connectivity index (χ3v) is 4.05. The van der Waals surface area contributed by atoms with Crippen LogP contribution in [0.3, 0.4) is 0 Å². The third-order valence-electron chi connectivity index (χ3n) is 3.75. The molecule has 2 aromatic rings. The van der Waals surface area contributed by atoms with Crippen molar-refractivity contribution in [1.29, 1.82) is 0 Å². The van der Waals surface area contributed by atoms with Crippen molar-refractivity contribution >= 4 is 22.5 Å². The van der Waals surface area contributed by atoms with Crippen molar-refractivity contribution < 1.29 is 0 Å². The number of hydrogen-bond acceptors (Lipinski definition) is 1. The largest absolute Gasteiger partial charge is 0.236 e. The molecule has 1 aliphatic rings. The van der Waals surface area contributed by atoms with E-state index in [1.807, 2.05) is 12.1 Å². The van der Waals surface area contributed by atoms with Crippen LogP contribution in [0.5, 0.6) is 0 Å². The highest BCUT2D eigenvalue weighted by molar-refractivity contribution is 6.30. The predicted octanol–water partition coefficient (Wildman–Crippen LogP) is 4.94. The lowest BCUT2D eigenvalue weighted by Gasteiger charge is -2.22. The van der Waals surface area contributed by atoms with Crippen LogP contribution in [-0.2, 0) is 0 Å². The summed E-state index contributed by atoms with van der Waals surface area (Å²) >= 11 is 6.33. The Morgan fingerprint density at radius 3 is 2.65 bits per heavy atom. The Bertz CT molecular complexity index is 529. The van der Waals surface area contributed by atoms with Gasteiger partial charge in [0.25, 0.3) is 0 Å². The molecule has 0 saturated heterocycles. The Morgan fingerprint density at radius 2 is 1.82 bits per heavy atom. The van der Waals surface area contributed by atoms with E-state index in [0.717, 1.165) is 5.52 Å². The number of halogens is 1. The Balaban J connectivity index is 2.06. The van der Waals surface area contributed by atoms with Gasteiger partial charge in [0.2, 0.25) is 0 Å². The summed E-state index contributed by atoms with van der Waals surface area (Å²) in [6.45, 7) is 0. The molecule has 1 heterocycles. The van der Waals surface area contributed by atoms with E-state index in [4.69, 9.17) is 11.6 Å². The molecule has 88 valence electrons. The minimum atomic E-state index is 0.619. The monoisotopic (exact) mass is 245 g/mol. The van der Waals surface area contributed by atoms with Gasteiger partial charge in [0, 0.05) is 5.39 Å². The summed E-state index contributed by atoms with van der Waals surface area (Å²) in [5.74, 6) is 0.619.